The van der Waals surface area contributed by atoms with Crippen molar-refractivity contribution in [3.8, 4) is 0 Å². The Morgan fingerprint density at radius 1 is 1.29 bits per heavy atom. The molecule has 0 saturated carbocycles. The molecule has 0 heterocycles. The van der Waals surface area contributed by atoms with Crippen LogP contribution in [0.2, 0.25) is 0 Å². The number of hydrogen-bond acceptors (Lipinski definition) is 0. The van der Waals surface area contributed by atoms with Crippen LogP contribution in [0.1, 0.15) is 46.0 Å². The summed E-state index contributed by atoms with van der Waals surface area (Å²) >= 11 is 1.63. The third kappa shape index (κ3) is 4.64. The minimum absolute atomic E-state index is 0. The Morgan fingerprint density at radius 3 is 2.43 bits per heavy atom. The summed E-state index contributed by atoms with van der Waals surface area (Å²) in [6.07, 6.45) is 8.93. The zero-order valence-electron chi connectivity index (χ0n) is 8.87. The molecule has 0 nitrogen and oxygen atoms in total. The van der Waals surface area contributed by atoms with Crippen LogP contribution in [0.5, 0.6) is 0 Å². The fourth-order valence-electron chi connectivity index (χ4n) is 1.69. The normalized spacial score (nSPS) is 14.7. The second-order valence-electron chi connectivity index (χ2n) is 3.35. The molecule has 0 N–H and O–H groups in total. The monoisotopic (exact) mass is 309 g/mol. The van der Waals surface area contributed by atoms with Crippen molar-refractivity contribution in [1.29, 1.82) is 0 Å². The zero-order chi connectivity index (χ0) is 8.97. The molecule has 0 radical (unpaired) electrons. The summed E-state index contributed by atoms with van der Waals surface area (Å²) in [4.78, 5) is 0. The second kappa shape index (κ2) is 9.19. The first-order valence-electron chi connectivity index (χ1n) is 4.92. The Bertz CT molecular complexity index is 219. The summed E-state index contributed by atoms with van der Waals surface area (Å²) in [5, 5.41) is 0. The molecule has 1 aliphatic carbocycles. The van der Waals surface area contributed by atoms with Crippen molar-refractivity contribution in [1.82, 2.24) is 0 Å². The fourth-order valence-corrected chi connectivity index (χ4v) is 2.64. The number of hydrogen-bond donors (Lipinski definition) is 0. The van der Waals surface area contributed by atoms with E-state index in [0.717, 1.165) is 0 Å². The van der Waals surface area contributed by atoms with E-state index in [1.165, 1.54) is 32.1 Å². The molecule has 1 rings (SSSR count). The largest absolute Gasteiger partial charge is 1.00 e. The summed E-state index contributed by atoms with van der Waals surface area (Å²) in [6.45, 7) is 4.54. The molecule has 0 unspecified atom stereocenters. The molecular weight excluding hydrogens is 294 g/mol. The van der Waals surface area contributed by atoms with Crippen molar-refractivity contribution in [3.63, 3.8) is 0 Å². The topological polar surface area (TPSA) is 0 Å². The van der Waals surface area contributed by atoms with Gasteiger partial charge in [-0.3, -0.25) is 0 Å². The Balaban J connectivity index is 0. The molecule has 0 amide bonds. The quantitative estimate of drug-likeness (QED) is 0.549. The molecule has 14 heavy (non-hydrogen) atoms. The van der Waals surface area contributed by atoms with Crippen molar-refractivity contribution in [3.05, 3.63) is 20.5 Å². The van der Waals surface area contributed by atoms with Crippen LogP contribution in [0.4, 0.5) is 0 Å². The third-order valence-electron chi connectivity index (χ3n) is 2.47. The third-order valence-corrected chi connectivity index (χ3v) is 3.71. The first-order chi connectivity index (χ1) is 5.79. The smallest absolute Gasteiger partial charge is 1.00 e. The number of halogens is 2. The predicted octanol–water partition coefficient (Wildman–Crippen LogP) is -2.27. The Hall–Kier alpha value is 0.943. The van der Waals surface area contributed by atoms with Gasteiger partial charge in [-0.05, 0) is 0 Å². The average Bonchev–Trinajstić information content (AvgIpc) is 2.43. The average molecular weight is 311 g/mol. The van der Waals surface area contributed by atoms with E-state index in [1.807, 2.05) is 0 Å². The summed E-state index contributed by atoms with van der Waals surface area (Å²) in [5.74, 6) is 0. The molecule has 1 aliphatic rings. The van der Waals surface area contributed by atoms with Crippen molar-refractivity contribution in [2.45, 2.75) is 46.0 Å². The summed E-state index contributed by atoms with van der Waals surface area (Å²) in [5.41, 5.74) is 3.34. The van der Waals surface area contributed by atoms with E-state index in [9.17, 15) is 0 Å². The van der Waals surface area contributed by atoms with Gasteiger partial charge in [-0.2, -0.15) is 0 Å². The maximum absolute atomic E-state index is 2.43. The first-order valence-corrected chi connectivity index (χ1v) is 6.15. The van der Waals surface area contributed by atoms with Gasteiger partial charge in [-0.1, -0.05) is 0 Å². The van der Waals surface area contributed by atoms with Gasteiger partial charge in [0.25, 0.3) is 0 Å². The molecule has 0 bridgehead atoms. The molecule has 3 heteroatoms. The Morgan fingerprint density at radius 2 is 1.93 bits per heavy atom. The van der Waals surface area contributed by atoms with Gasteiger partial charge in [0, 0.05) is 0 Å². The van der Waals surface area contributed by atoms with Crippen molar-refractivity contribution < 1.29 is 49.5 Å². The minimum Gasteiger partial charge on any atom is -1.00 e. The van der Waals surface area contributed by atoms with Crippen LogP contribution in [0.3, 0.4) is 0 Å². The Kier molecular flexibility index (Phi) is 11.4. The van der Waals surface area contributed by atoms with Crippen LogP contribution in [0.25, 0.3) is 0 Å². The SMILES string of the molecule is CCCCC1=[C]([Zr+2])CC=C1CC.[Cl-].[Cl-]. The van der Waals surface area contributed by atoms with Crippen molar-refractivity contribution in [2.75, 3.05) is 0 Å². The molecule has 0 spiro atoms. The molecule has 0 atom stereocenters. The van der Waals surface area contributed by atoms with Gasteiger partial charge in [0.1, 0.15) is 0 Å². The molecule has 79 valence electrons. The molecule has 0 fully saturated rings. The van der Waals surface area contributed by atoms with Crippen molar-refractivity contribution >= 4 is 0 Å². The van der Waals surface area contributed by atoms with E-state index in [-0.39, 0.29) is 24.8 Å². The van der Waals surface area contributed by atoms with E-state index in [4.69, 9.17) is 0 Å². The van der Waals surface area contributed by atoms with Crippen LogP contribution >= 0.6 is 0 Å². The van der Waals surface area contributed by atoms with Gasteiger partial charge in [-0.15, -0.1) is 0 Å². The standard InChI is InChI=1S/C11H17.2ClH.Zr/c1-3-5-7-11-9-6-8-10(11)4-2;;;/h8H,3-7H2,1-2H3;2*1H;/q;;;+2/p-2. The summed E-state index contributed by atoms with van der Waals surface area (Å²) < 4.78 is 1.70. The second-order valence-corrected chi connectivity index (χ2v) is 4.83. The van der Waals surface area contributed by atoms with Gasteiger partial charge in [0.15, 0.2) is 0 Å². The molecular formula is C11H17Cl2Zr. The van der Waals surface area contributed by atoms with E-state index < -0.39 is 0 Å². The number of allylic oxidation sites excluding steroid dienone is 4. The van der Waals surface area contributed by atoms with Crippen molar-refractivity contribution in [2.24, 2.45) is 0 Å². The molecule has 0 saturated heterocycles. The fraction of sp³-hybridized carbons (Fsp3) is 0.636. The maximum atomic E-state index is 2.43. The first kappa shape index (κ1) is 17.3. The van der Waals surface area contributed by atoms with Gasteiger partial charge >= 0.3 is 91.2 Å². The van der Waals surface area contributed by atoms with E-state index in [2.05, 4.69) is 19.9 Å². The van der Waals surface area contributed by atoms with Gasteiger partial charge in [0.2, 0.25) is 0 Å². The number of rotatable bonds is 4. The molecule has 0 aromatic rings. The summed E-state index contributed by atoms with van der Waals surface area (Å²) in [6, 6.07) is 0. The van der Waals surface area contributed by atoms with Gasteiger partial charge < -0.3 is 24.8 Å². The number of unbranched alkanes of at least 4 members (excludes halogenated alkanes) is 1. The molecule has 0 aromatic carbocycles. The van der Waals surface area contributed by atoms with Crippen LogP contribution in [0.15, 0.2) is 20.5 Å². The van der Waals surface area contributed by atoms with E-state index in [0.29, 0.717) is 0 Å². The predicted molar refractivity (Wildman–Crippen MR) is 49.5 cm³/mol. The van der Waals surface area contributed by atoms with Gasteiger partial charge in [-0.25, -0.2) is 0 Å². The van der Waals surface area contributed by atoms with Gasteiger partial charge in [0.05, 0.1) is 0 Å². The van der Waals surface area contributed by atoms with Crippen LogP contribution in [0, 0.1) is 0 Å². The van der Waals surface area contributed by atoms with Crippen LogP contribution in [-0.2, 0) is 24.7 Å². The van der Waals surface area contributed by atoms with E-state index in [1.54, 1.807) is 39.1 Å². The maximum Gasteiger partial charge on any atom is -1.00 e. The molecule has 0 aromatic heterocycles. The minimum atomic E-state index is 0. The van der Waals surface area contributed by atoms with Crippen LogP contribution in [-0.4, -0.2) is 0 Å². The zero-order valence-corrected chi connectivity index (χ0v) is 12.8. The van der Waals surface area contributed by atoms with Crippen LogP contribution < -0.4 is 24.8 Å². The summed E-state index contributed by atoms with van der Waals surface area (Å²) in [7, 11) is 0. The van der Waals surface area contributed by atoms with E-state index >= 15 is 0 Å². The molecule has 0 aliphatic heterocycles. The Labute approximate surface area is 115 Å².